The van der Waals surface area contributed by atoms with Crippen LogP contribution >= 0.6 is 0 Å². The lowest BCUT2D eigenvalue weighted by atomic mass is 9.79. The van der Waals surface area contributed by atoms with E-state index in [-0.39, 0.29) is 5.91 Å². The molecule has 0 saturated carbocycles. The number of benzene rings is 1. The SMILES string of the molecule is CC1=NN(C(=O)c2ccccc2)[C@@](C)(O)C1(C)C. The lowest BCUT2D eigenvalue weighted by Crippen LogP contribution is -2.53. The Morgan fingerprint density at radius 1 is 1.22 bits per heavy atom. The van der Waals surface area contributed by atoms with Crippen LogP contribution in [0.3, 0.4) is 0 Å². The van der Waals surface area contributed by atoms with Crippen LogP contribution in [0.15, 0.2) is 35.4 Å². The van der Waals surface area contributed by atoms with Crippen molar-refractivity contribution in [1.82, 2.24) is 5.01 Å². The number of aliphatic hydroxyl groups is 1. The quantitative estimate of drug-likeness (QED) is 0.826. The molecule has 0 fully saturated rings. The van der Waals surface area contributed by atoms with Crippen LogP contribution in [0.4, 0.5) is 0 Å². The van der Waals surface area contributed by atoms with Crippen LogP contribution in [0.2, 0.25) is 0 Å². The zero-order valence-electron chi connectivity index (χ0n) is 11.1. The molecule has 4 heteroatoms. The van der Waals surface area contributed by atoms with Gasteiger partial charge in [-0.3, -0.25) is 4.79 Å². The molecule has 0 spiro atoms. The van der Waals surface area contributed by atoms with Crippen molar-refractivity contribution in [3.05, 3.63) is 35.9 Å². The molecule has 1 N–H and O–H groups in total. The van der Waals surface area contributed by atoms with Gasteiger partial charge in [0.1, 0.15) is 0 Å². The molecule has 96 valence electrons. The van der Waals surface area contributed by atoms with E-state index in [0.717, 1.165) is 5.71 Å². The molecule has 0 bridgehead atoms. The summed E-state index contributed by atoms with van der Waals surface area (Å²) in [5.41, 5.74) is -0.606. The zero-order chi connectivity index (χ0) is 13.6. The molecule has 2 rings (SSSR count). The van der Waals surface area contributed by atoms with Gasteiger partial charge < -0.3 is 5.11 Å². The molecule has 1 amide bonds. The van der Waals surface area contributed by atoms with E-state index in [4.69, 9.17) is 0 Å². The molecule has 1 atom stereocenters. The number of hydrogen-bond acceptors (Lipinski definition) is 3. The van der Waals surface area contributed by atoms with E-state index in [1.807, 2.05) is 26.8 Å². The third-order valence-electron chi connectivity index (χ3n) is 3.96. The lowest BCUT2D eigenvalue weighted by molar-refractivity contribution is -0.110. The van der Waals surface area contributed by atoms with Gasteiger partial charge in [-0.2, -0.15) is 10.1 Å². The highest BCUT2D eigenvalue weighted by Gasteiger charge is 2.53. The minimum Gasteiger partial charge on any atom is -0.368 e. The Labute approximate surface area is 107 Å². The van der Waals surface area contributed by atoms with E-state index >= 15 is 0 Å². The van der Waals surface area contributed by atoms with E-state index in [1.165, 1.54) is 5.01 Å². The number of rotatable bonds is 1. The normalized spacial score (nSPS) is 26.1. The van der Waals surface area contributed by atoms with Gasteiger partial charge in [0.15, 0.2) is 5.72 Å². The number of hydrazone groups is 1. The Balaban J connectivity index is 2.40. The number of hydrogen-bond donors (Lipinski definition) is 1. The molecule has 0 aliphatic carbocycles. The average molecular weight is 246 g/mol. The highest BCUT2D eigenvalue weighted by atomic mass is 16.3. The van der Waals surface area contributed by atoms with Crippen molar-refractivity contribution >= 4 is 11.6 Å². The number of amides is 1. The second-order valence-electron chi connectivity index (χ2n) is 5.31. The summed E-state index contributed by atoms with van der Waals surface area (Å²) in [6, 6.07) is 8.86. The van der Waals surface area contributed by atoms with E-state index in [1.54, 1.807) is 31.2 Å². The molecule has 4 nitrogen and oxygen atoms in total. The second-order valence-corrected chi connectivity index (χ2v) is 5.31. The summed E-state index contributed by atoms with van der Waals surface area (Å²) in [6.45, 7) is 7.20. The minimum absolute atomic E-state index is 0.287. The molecule has 1 aliphatic heterocycles. The van der Waals surface area contributed by atoms with Gasteiger partial charge in [-0.1, -0.05) is 18.2 Å². The van der Waals surface area contributed by atoms with E-state index in [0.29, 0.717) is 5.56 Å². The van der Waals surface area contributed by atoms with Crippen molar-refractivity contribution in [2.45, 2.75) is 33.4 Å². The molecular formula is C14H18N2O2. The lowest BCUT2D eigenvalue weighted by Gasteiger charge is -2.37. The van der Waals surface area contributed by atoms with Crippen LogP contribution in [-0.2, 0) is 0 Å². The van der Waals surface area contributed by atoms with E-state index in [2.05, 4.69) is 5.10 Å². The molecule has 0 aromatic heterocycles. The van der Waals surface area contributed by atoms with Gasteiger partial charge in [-0.15, -0.1) is 0 Å². The third-order valence-corrected chi connectivity index (χ3v) is 3.96. The largest absolute Gasteiger partial charge is 0.368 e. The summed E-state index contributed by atoms with van der Waals surface area (Å²) >= 11 is 0. The number of nitrogens with zero attached hydrogens (tertiary/aromatic N) is 2. The highest BCUT2D eigenvalue weighted by molar-refractivity contribution is 5.99. The predicted octanol–water partition coefficient (Wildman–Crippen LogP) is 2.25. The van der Waals surface area contributed by atoms with E-state index in [9.17, 15) is 9.90 Å². The summed E-state index contributed by atoms with van der Waals surface area (Å²) in [7, 11) is 0. The Kier molecular flexibility index (Phi) is 2.78. The van der Waals surface area contributed by atoms with Crippen LogP contribution in [0.5, 0.6) is 0 Å². The molecule has 0 unspecified atom stereocenters. The molecule has 0 saturated heterocycles. The molecule has 1 aromatic carbocycles. The molecule has 1 aliphatic rings. The smallest absolute Gasteiger partial charge is 0.276 e. The van der Waals surface area contributed by atoms with Crippen molar-refractivity contribution < 1.29 is 9.90 Å². The van der Waals surface area contributed by atoms with Crippen LogP contribution in [-0.4, -0.2) is 27.5 Å². The van der Waals surface area contributed by atoms with Crippen molar-refractivity contribution in [2.24, 2.45) is 10.5 Å². The van der Waals surface area contributed by atoms with Gasteiger partial charge in [0.05, 0.1) is 5.41 Å². The molecular weight excluding hydrogens is 228 g/mol. The fourth-order valence-corrected chi connectivity index (χ4v) is 1.93. The average Bonchev–Trinajstić information content (AvgIpc) is 2.49. The summed E-state index contributed by atoms with van der Waals surface area (Å²) < 4.78 is 0. The van der Waals surface area contributed by atoms with Gasteiger partial charge in [-0.25, -0.2) is 0 Å². The molecule has 0 radical (unpaired) electrons. The van der Waals surface area contributed by atoms with Crippen molar-refractivity contribution in [3.63, 3.8) is 0 Å². The number of carbonyl (C=O) groups is 1. The summed E-state index contributed by atoms with van der Waals surface area (Å²) in [6.07, 6.45) is 0. The first-order chi connectivity index (χ1) is 8.28. The summed E-state index contributed by atoms with van der Waals surface area (Å²) in [5, 5.41) is 16.0. The van der Waals surface area contributed by atoms with Crippen LogP contribution < -0.4 is 0 Å². The van der Waals surface area contributed by atoms with Gasteiger partial charge in [0.25, 0.3) is 5.91 Å². The first kappa shape index (κ1) is 12.8. The van der Waals surface area contributed by atoms with Crippen molar-refractivity contribution in [2.75, 3.05) is 0 Å². The molecule has 18 heavy (non-hydrogen) atoms. The second kappa shape index (κ2) is 3.92. The van der Waals surface area contributed by atoms with Crippen LogP contribution in [0, 0.1) is 5.41 Å². The van der Waals surface area contributed by atoms with Crippen molar-refractivity contribution in [1.29, 1.82) is 0 Å². The fraction of sp³-hybridized carbons (Fsp3) is 0.429. The predicted molar refractivity (Wildman–Crippen MR) is 70.1 cm³/mol. The summed E-state index contributed by atoms with van der Waals surface area (Å²) in [5.74, 6) is -0.287. The fourth-order valence-electron chi connectivity index (χ4n) is 1.93. The van der Waals surface area contributed by atoms with Gasteiger partial charge in [0, 0.05) is 11.3 Å². The molecule has 1 aromatic rings. The first-order valence-electron chi connectivity index (χ1n) is 5.96. The summed E-state index contributed by atoms with van der Waals surface area (Å²) in [4.78, 5) is 12.4. The standard InChI is InChI=1S/C14H18N2O2/c1-10-13(2,3)14(4,18)16(15-10)12(17)11-8-6-5-7-9-11/h5-9,18H,1-4H3/t14-/m0/s1. The van der Waals surface area contributed by atoms with Gasteiger partial charge in [-0.05, 0) is 39.8 Å². The third kappa shape index (κ3) is 1.64. The van der Waals surface area contributed by atoms with Crippen LogP contribution in [0.25, 0.3) is 0 Å². The van der Waals surface area contributed by atoms with Gasteiger partial charge >= 0.3 is 0 Å². The Bertz CT molecular complexity index is 504. The Morgan fingerprint density at radius 2 is 1.78 bits per heavy atom. The monoisotopic (exact) mass is 246 g/mol. The van der Waals surface area contributed by atoms with Gasteiger partial charge in [0.2, 0.25) is 0 Å². The maximum atomic E-state index is 12.4. The zero-order valence-corrected chi connectivity index (χ0v) is 11.1. The first-order valence-corrected chi connectivity index (χ1v) is 5.96. The van der Waals surface area contributed by atoms with Crippen LogP contribution in [0.1, 0.15) is 38.1 Å². The highest BCUT2D eigenvalue weighted by Crippen LogP contribution is 2.41. The van der Waals surface area contributed by atoms with E-state index < -0.39 is 11.1 Å². The minimum atomic E-state index is -1.32. The Morgan fingerprint density at radius 3 is 2.22 bits per heavy atom. The van der Waals surface area contributed by atoms with Crippen molar-refractivity contribution in [3.8, 4) is 0 Å². The maximum Gasteiger partial charge on any atom is 0.276 e. The maximum absolute atomic E-state index is 12.4. The topological polar surface area (TPSA) is 52.9 Å². The Hall–Kier alpha value is -1.68. The molecule has 1 heterocycles. The number of carbonyl (C=O) groups excluding carboxylic acids is 1.